The Morgan fingerprint density at radius 3 is 2.64 bits per heavy atom. The second kappa shape index (κ2) is 6.75. The number of carbonyl (C=O) groups excluding carboxylic acids is 1. The summed E-state index contributed by atoms with van der Waals surface area (Å²) in [5, 5.41) is 0.886. The second-order valence-electron chi connectivity index (χ2n) is 9.47. The van der Waals surface area contributed by atoms with Crippen molar-refractivity contribution in [2.45, 2.75) is 53.4 Å². The zero-order valence-corrected chi connectivity index (χ0v) is 17.3. The van der Waals surface area contributed by atoms with Crippen molar-refractivity contribution in [1.29, 1.82) is 0 Å². The predicted molar refractivity (Wildman–Crippen MR) is 109 cm³/mol. The van der Waals surface area contributed by atoms with Crippen LogP contribution < -0.4 is 10.4 Å². The van der Waals surface area contributed by atoms with Crippen LogP contribution in [-0.4, -0.2) is 12.4 Å². The van der Waals surface area contributed by atoms with E-state index in [1.165, 1.54) is 6.07 Å². The van der Waals surface area contributed by atoms with Crippen molar-refractivity contribution in [2.24, 2.45) is 28.6 Å². The van der Waals surface area contributed by atoms with Crippen LogP contribution in [0.1, 0.15) is 53.4 Å². The van der Waals surface area contributed by atoms with Crippen LogP contribution in [0.5, 0.6) is 5.75 Å². The molecule has 0 aliphatic heterocycles. The molecule has 0 saturated heterocycles. The largest absolute Gasteiger partial charge is 0.493 e. The van der Waals surface area contributed by atoms with E-state index in [0.717, 1.165) is 30.4 Å². The highest BCUT2D eigenvalue weighted by Gasteiger charge is 2.57. The Morgan fingerprint density at radius 2 is 1.86 bits per heavy atom. The van der Waals surface area contributed by atoms with E-state index in [-0.39, 0.29) is 22.4 Å². The molecule has 0 spiro atoms. The maximum Gasteiger partial charge on any atom is 0.336 e. The van der Waals surface area contributed by atoms with Crippen LogP contribution in [0, 0.1) is 28.6 Å². The summed E-state index contributed by atoms with van der Waals surface area (Å²) in [5.74, 6) is 2.26. The van der Waals surface area contributed by atoms with E-state index in [0.29, 0.717) is 36.2 Å². The highest BCUT2D eigenvalue weighted by molar-refractivity contribution is 5.82. The Kier molecular flexibility index (Phi) is 4.64. The van der Waals surface area contributed by atoms with E-state index < -0.39 is 0 Å². The number of benzene rings is 1. The lowest BCUT2D eigenvalue weighted by molar-refractivity contribution is -0.151. The van der Waals surface area contributed by atoms with Crippen molar-refractivity contribution in [3.8, 4) is 5.75 Å². The van der Waals surface area contributed by atoms with Crippen molar-refractivity contribution in [3.63, 3.8) is 0 Å². The zero-order chi connectivity index (χ0) is 20.1. The first-order chi connectivity index (χ1) is 13.2. The first-order valence-electron chi connectivity index (χ1n) is 10.4. The first kappa shape index (κ1) is 19.2. The van der Waals surface area contributed by atoms with Gasteiger partial charge in [0.2, 0.25) is 0 Å². The van der Waals surface area contributed by atoms with Crippen molar-refractivity contribution in [1.82, 2.24) is 0 Å². The van der Waals surface area contributed by atoms with Crippen molar-refractivity contribution in [3.05, 3.63) is 40.8 Å². The zero-order valence-electron chi connectivity index (χ0n) is 17.3. The fourth-order valence-electron chi connectivity index (χ4n) is 5.79. The summed E-state index contributed by atoms with van der Waals surface area (Å²) >= 11 is 0. The third kappa shape index (κ3) is 2.98. The predicted octanol–water partition coefficient (Wildman–Crippen LogP) is 5.23. The molecule has 0 radical (unpaired) electrons. The Bertz CT molecular complexity index is 960. The van der Waals surface area contributed by atoms with Gasteiger partial charge in [-0.15, -0.1) is 0 Å². The quantitative estimate of drug-likeness (QED) is 0.682. The Labute approximate surface area is 166 Å². The summed E-state index contributed by atoms with van der Waals surface area (Å²) in [6, 6.07) is 8.86. The van der Waals surface area contributed by atoms with E-state index in [9.17, 15) is 9.59 Å². The molecule has 2 saturated carbocycles. The number of hydrogen-bond acceptors (Lipinski definition) is 4. The molecule has 0 N–H and O–H groups in total. The smallest absolute Gasteiger partial charge is 0.336 e. The molecule has 150 valence electrons. The van der Waals surface area contributed by atoms with Crippen molar-refractivity contribution < 1.29 is 13.9 Å². The molecule has 2 aromatic rings. The molecule has 5 atom stereocenters. The molecule has 2 aliphatic rings. The Morgan fingerprint density at radius 1 is 1.11 bits per heavy atom. The minimum atomic E-state index is -0.353. The average molecular weight is 383 g/mol. The van der Waals surface area contributed by atoms with Gasteiger partial charge in [0.15, 0.2) is 0 Å². The van der Waals surface area contributed by atoms with Crippen LogP contribution in [0.15, 0.2) is 39.5 Å². The summed E-state index contributed by atoms with van der Waals surface area (Å²) in [6.45, 7) is 9.70. The number of ketones is 1. The lowest BCUT2D eigenvalue weighted by atomic mass is 9.45. The maximum absolute atomic E-state index is 12.4. The van der Waals surface area contributed by atoms with Crippen LogP contribution in [0.3, 0.4) is 0 Å². The van der Waals surface area contributed by atoms with Crippen LogP contribution in [0.25, 0.3) is 11.0 Å². The van der Waals surface area contributed by atoms with Gasteiger partial charge >= 0.3 is 5.63 Å². The van der Waals surface area contributed by atoms with Crippen molar-refractivity contribution in [2.75, 3.05) is 6.61 Å². The Hall–Kier alpha value is -2.10. The number of carbonyl (C=O) groups is 1. The molecule has 4 heteroatoms. The summed E-state index contributed by atoms with van der Waals surface area (Å²) < 4.78 is 11.6. The molecule has 28 heavy (non-hydrogen) atoms. The molecule has 0 unspecified atom stereocenters. The van der Waals surface area contributed by atoms with Gasteiger partial charge in [-0.2, -0.15) is 0 Å². The molecule has 2 aliphatic carbocycles. The third-order valence-corrected chi connectivity index (χ3v) is 8.13. The van der Waals surface area contributed by atoms with E-state index in [1.807, 2.05) is 12.1 Å². The minimum absolute atomic E-state index is 0.00838. The molecule has 0 amide bonds. The lowest BCUT2D eigenvalue weighted by Gasteiger charge is -2.59. The minimum Gasteiger partial charge on any atom is -0.493 e. The topological polar surface area (TPSA) is 56.5 Å². The van der Waals surface area contributed by atoms with Gasteiger partial charge in [0, 0.05) is 35.3 Å². The highest BCUT2D eigenvalue weighted by atomic mass is 16.5. The van der Waals surface area contributed by atoms with Crippen LogP contribution in [-0.2, 0) is 4.79 Å². The van der Waals surface area contributed by atoms with Gasteiger partial charge in [0.25, 0.3) is 0 Å². The molecule has 4 nitrogen and oxygen atoms in total. The van der Waals surface area contributed by atoms with E-state index in [4.69, 9.17) is 9.15 Å². The second-order valence-corrected chi connectivity index (χ2v) is 9.47. The summed E-state index contributed by atoms with van der Waals surface area (Å²) in [5.41, 5.74) is 0.257. The highest BCUT2D eigenvalue weighted by Crippen LogP contribution is 2.61. The van der Waals surface area contributed by atoms with Gasteiger partial charge < -0.3 is 9.15 Å². The fraction of sp³-hybridized carbons (Fsp3) is 0.583. The van der Waals surface area contributed by atoms with Crippen LogP contribution >= 0.6 is 0 Å². The SMILES string of the molecule is C[C@@H]1C(=O)CC[C@H]2[C@]1(C)CC[C@H](C)[C@]2(C)COc1ccc2ccc(=O)oc2c1. The monoisotopic (exact) mass is 382 g/mol. The molecule has 1 aromatic heterocycles. The molecule has 0 bridgehead atoms. The standard InChI is InChI=1S/C24H30O4/c1-15-11-12-23(3)16(2)19(25)8-9-21(23)24(15,4)14-27-18-7-5-17-6-10-22(26)28-20(17)13-18/h5-7,10,13,15-16,21H,8-9,11-12,14H2,1-4H3/t15-,16+,21-,23+,24-/m0/s1. The molecular weight excluding hydrogens is 352 g/mol. The number of hydrogen-bond donors (Lipinski definition) is 0. The van der Waals surface area contributed by atoms with Gasteiger partial charge in [-0.05, 0) is 54.7 Å². The molecule has 1 aromatic carbocycles. The average Bonchev–Trinajstić information content (AvgIpc) is 2.67. The van der Waals surface area contributed by atoms with E-state index in [2.05, 4.69) is 27.7 Å². The van der Waals surface area contributed by atoms with E-state index >= 15 is 0 Å². The molecule has 2 fully saturated rings. The lowest BCUT2D eigenvalue weighted by Crippen LogP contribution is -2.56. The number of ether oxygens (including phenoxy) is 1. The third-order valence-electron chi connectivity index (χ3n) is 8.13. The number of rotatable bonds is 3. The van der Waals surface area contributed by atoms with Gasteiger partial charge in [-0.3, -0.25) is 4.79 Å². The van der Waals surface area contributed by atoms with Gasteiger partial charge in [-0.25, -0.2) is 4.79 Å². The fourth-order valence-corrected chi connectivity index (χ4v) is 5.79. The number of Topliss-reactive ketones (excluding diaryl/α,β-unsaturated/α-hetero) is 1. The molecule has 1 heterocycles. The number of fused-ring (bicyclic) bond motifs is 2. The Balaban J connectivity index is 1.60. The summed E-state index contributed by atoms with van der Waals surface area (Å²) in [6.07, 6.45) is 3.88. The van der Waals surface area contributed by atoms with Gasteiger partial charge in [-0.1, -0.05) is 27.7 Å². The van der Waals surface area contributed by atoms with Gasteiger partial charge in [0.1, 0.15) is 17.1 Å². The maximum atomic E-state index is 12.4. The van der Waals surface area contributed by atoms with Crippen molar-refractivity contribution >= 4 is 16.8 Å². The first-order valence-corrected chi connectivity index (χ1v) is 10.4. The van der Waals surface area contributed by atoms with Crippen LogP contribution in [0.2, 0.25) is 0 Å². The summed E-state index contributed by atoms with van der Waals surface area (Å²) in [7, 11) is 0. The van der Waals surface area contributed by atoms with Gasteiger partial charge in [0.05, 0.1) is 6.61 Å². The van der Waals surface area contributed by atoms with Crippen LogP contribution in [0.4, 0.5) is 0 Å². The molecular formula is C24H30O4. The summed E-state index contributed by atoms with van der Waals surface area (Å²) in [4.78, 5) is 23.9. The van der Waals surface area contributed by atoms with E-state index in [1.54, 1.807) is 12.1 Å². The molecule has 4 rings (SSSR count). The normalized spacial score (nSPS) is 35.6.